The molecule has 0 amide bonds. The molecule has 0 bridgehead atoms. The lowest BCUT2D eigenvalue weighted by atomic mass is 9.56. The van der Waals surface area contributed by atoms with Crippen LogP contribution < -0.4 is 0 Å². The quantitative estimate of drug-likeness (QED) is 0.259. The third-order valence-corrected chi connectivity index (χ3v) is 8.46. The van der Waals surface area contributed by atoms with Crippen LogP contribution in [0.2, 0.25) is 0 Å². The van der Waals surface area contributed by atoms with Gasteiger partial charge in [-0.15, -0.1) is 0 Å². The van der Waals surface area contributed by atoms with E-state index < -0.39 is 0 Å². The van der Waals surface area contributed by atoms with E-state index in [2.05, 4.69) is 143 Å². The summed E-state index contributed by atoms with van der Waals surface area (Å²) in [6, 6.07) is 39.3. The van der Waals surface area contributed by atoms with Gasteiger partial charge in [0.05, 0.1) is 5.69 Å². The van der Waals surface area contributed by atoms with Crippen molar-refractivity contribution in [3.63, 3.8) is 0 Å². The molecule has 1 nitrogen and oxygen atoms in total. The maximum Gasteiger partial charge on any atom is 0.0743 e. The van der Waals surface area contributed by atoms with Crippen molar-refractivity contribution in [3.8, 4) is 44.6 Å². The van der Waals surface area contributed by atoms with Crippen molar-refractivity contribution in [1.29, 1.82) is 0 Å². The lowest BCUT2D eigenvalue weighted by molar-refractivity contribution is 0.298. The lowest BCUT2D eigenvalue weighted by Crippen LogP contribution is -2.43. The Morgan fingerprint density at radius 1 is 0.444 bits per heavy atom. The lowest BCUT2D eigenvalue weighted by Gasteiger charge is -2.47. The SMILES string of the molecule is CC1(C)c2ccccc2-c2ncc(-c3cc(-c4ccccc4)cc(-c4ccccc4)c3)cc2C1(C)C. The fraction of sp³-hybridized carbons (Fsp3) is 0.171. The minimum Gasteiger partial charge on any atom is -0.255 e. The highest BCUT2D eigenvalue weighted by Gasteiger charge is 2.46. The molecule has 5 aromatic rings. The van der Waals surface area contributed by atoms with Crippen LogP contribution >= 0.6 is 0 Å². The molecule has 0 unspecified atom stereocenters. The van der Waals surface area contributed by atoms with Gasteiger partial charge in [0, 0.05) is 22.7 Å². The first kappa shape index (κ1) is 22.5. The predicted molar refractivity (Wildman–Crippen MR) is 152 cm³/mol. The van der Waals surface area contributed by atoms with Gasteiger partial charge in [-0.1, -0.05) is 113 Å². The molecule has 36 heavy (non-hydrogen) atoms. The number of hydrogen-bond acceptors (Lipinski definition) is 1. The Morgan fingerprint density at radius 2 is 0.917 bits per heavy atom. The number of fused-ring (bicyclic) bond motifs is 3. The van der Waals surface area contributed by atoms with Crippen LogP contribution in [-0.4, -0.2) is 4.98 Å². The predicted octanol–water partition coefficient (Wildman–Crippen LogP) is 9.32. The highest BCUT2D eigenvalue weighted by Crippen LogP contribution is 2.53. The van der Waals surface area contributed by atoms with Gasteiger partial charge in [0.15, 0.2) is 0 Å². The Hall–Kier alpha value is -3.97. The molecule has 1 aliphatic rings. The van der Waals surface area contributed by atoms with Gasteiger partial charge in [-0.2, -0.15) is 0 Å². The maximum absolute atomic E-state index is 5.10. The van der Waals surface area contributed by atoms with Crippen molar-refractivity contribution in [3.05, 3.63) is 127 Å². The van der Waals surface area contributed by atoms with E-state index in [4.69, 9.17) is 4.98 Å². The van der Waals surface area contributed by atoms with Crippen LogP contribution in [0.3, 0.4) is 0 Å². The van der Waals surface area contributed by atoms with Crippen molar-refractivity contribution in [1.82, 2.24) is 4.98 Å². The number of aromatic nitrogens is 1. The van der Waals surface area contributed by atoms with Gasteiger partial charge in [-0.25, -0.2) is 0 Å². The molecule has 1 heteroatoms. The fourth-order valence-electron chi connectivity index (χ4n) is 5.61. The van der Waals surface area contributed by atoms with Gasteiger partial charge in [0.1, 0.15) is 0 Å². The first-order valence-corrected chi connectivity index (χ1v) is 12.7. The molecule has 0 spiro atoms. The van der Waals surface area contributed by atoms with Crippen LogP contribution in [0.15, 0.2) is 115 Å². The Bertz CT molecular complexity index is 1500. The molecule has 4 aromatic carbocycles. The molecule has 1 aromatic heterocycles. The van der Waals surface area contributed by atoms with Crippen LogP contribution in [0.5, 0.6) is 0 Å². The number of rotatable bonds is 3. The molecule has 0 saturated heterocycles. The summed E-state index contributed by atoms with van der Waals surface area (Å²) in [5.41, 5.74) is 12.2. The van der Waals surface area contributed by atoms with Gasteiger partial charge in [0.2, 0.25) is 0 Å². The van der Waals surface area contributed by atoms with Crippen LogP contribution in [0, 0.1) is 0 Å². The van der Waals surface area contributed by atoms with Crippen LogP contribution in [0.25, 0.3) is 44.6 Å². The number of nitrogens with zero attached hydrogens (tertiary/aromatic N) is 1. The normalized spacial score (nSPS) is 15.1. The van der Waals surface area contributed by atoms with Crippen LogP contribution in [-0.2, 0) is 10.8 Å². The second-order valence-electron chi connectivity index (χ2n) is 10.9. The van der Waals surface area contributed by atoms with E-state index >= 15 is 0 Å². The number of hydrogen-bond donors (Lipinski definition) is 0. The van der Waals surface area contributed by atoms with Gasteiger partial charge in [-0.05, 0) is 68.6 Å². The van der Waals surface area contributed by atoms with E-state index in [9.17, 15) is 0 Å². The van der Waals surface area contributed by atoms with E-state index in [0.29, 0.717) is 0 Å². The van der Waals surface area contributed by atoms with Crippen molar-refractivity contribution in [2.24, 2.45) is 0 Å². The average molecular weight is 466 g/mol. The third kappa shape index (κ3) is 3.50. The topological polar surface area (TPSA) is 12.9 Å². The molecule has 0 saturated carbocycles. The van der Waals surface area contributed by atoms with Gasteiger partial charge >= 0.3 is 0 Å². The van der Waals surface area contributed by atoms with Crippen LogP contribution in [0.4, 0.5) is 0 Å². The summed E-state index contributed by atoms with van der Waals surface area (Å²) in [4.78, 5) is 5.10. The molecule has 0 aliphatic heterocycles. The molecule has 0 N–H and O–H groups in total. The molecule has 0 atom stereocenters. The fourth-order valence-corrected chi connectivity index (χ4v) is 5.61. The maximum atomic E-state index is 5.10. The summed E-state index contributed by atoms with van der Waals surface area (Å²) in [6.45, 7) is 9.46. The summed E-state index contributed by atoms with van der Waals surface area (Å²) in [5, 5.41) is 0. The first-order chi connectivity index (χ1) is 17.4. The Morgan fingerprint density at radius 3 is 1.50 bits per heavy atom. The van der Waals surface area contributed by atoms with Gasteiger partial charge in [0.25, 0.3) is 0 Å². The highest BCUT2D eigenvalue weighted by molar-refractivity contribution is 5.83. The molecule has 0 radical (unpaired) electrons. The molecule has 1 heterocycles. The largest absolute Gasteiger partial charge is 0.255 e. The summed E-state index contributed by atoms with van der Waals surface area (Å²) < 4.78 is 0. The van der Waals surface area contributed by atoms with Crippen molar-refractivity contribution < 1.29 is 0 Å². The van der Waals surface area contributed by atoms with E-state index in [-0.39, 0.29) is 10.8 Å². The third-order valence-electron chi connectivity index (χ3n) is 8.46. The summed E-state index contributed by atoms with van der Waals surface area (Å²) in [5.74, 6) is 0. The summed E-state index contributed by atoms with van der Waals surface area (Å²) in [7, 11) is 0. The summed E-state index contributed by atoms with van der Waals surface area (Å²) in [6.07, 6.45) is 2.06. The zero-order chi connectivity index (χ0) is 24.9. The average Bonchev–Trinajstić information content (AvgIpc) is 2.93. The second-order valence-corrected chi connectivity index (χ2v) is 10.9. The minimum absolute atomic E-state index is 0.0159. The van der Waals surface area contributed by atoms with Gasteiger partial charge < -0.3 is 0 Å². The van der Waals surface area contributed by atoms with E-state index in [1.165, 1.54) is 44.5 Å². The first-order valence-electron chi connectivity index (χ1n) is 12.7. The molecule has 0 fully saturated rings. The minimum atomic E-state index is -0.0704. The van der Waals surface area contributed by atoms with Crippen molar-refractivity contribution >= 4 is 0 Å². The number of benzene rings is 4. The molecular formula is C35H31N. The Labute approximate surface area is 214 Å². The van der Waals surface area contributed by atoms with E-state index in [1.54, 1.807) is 0 Å². The molecule has 6 rings (SSSR count). The number of pyridine rings is 1. The molecular weight excluding hydrogens is 434 g/mol. The smallest absolute Gasteiger partial charge is 0.0743 e. The standard InChI is InChI=1S/C35H31N/c1-34(2)31-18-12-11-17-30(31)33-32(35(34,3)4)22-29(23-36-33)28-20-26(24-13-7-5-8-14-24)19-27(21-28)25-15-9-6-10-16-25/h5-23H,1-4H3. The highest BCUT2D eigenvalue weighted by atomic mass is 14.7. The Balaban J connectivity index is 1.57. The second kappa shape index (κ2) is 8.31. The van der Waals surface area contributed by atoms with E-state index in [1.807, 2.05) is 0 Å². The zero-order valence-electron chi connectivity index (χ0n) is 21.4. The Kier molecular flexibility index (Phi) is 5.19. The van der Waals surface area contributed by atoms with E-state index in [0.717, 1.165) is 11.3 Å². The molecule has 176 valence electrons. The zero-order valence-corrected chi connectivity index (χ0v) is 21.4. The van der Waals surface area contributed by atoms with Gasteiger partial charge in [-0.3, -0.25) is 4.98 Å². The summed E-state index contributed by atoms with van der Waals surface area (Å²) >= 11 is 0. The van der Waals surface area contributed by atoms with Crippen molar-refractivity contribution in [2.45, 2.75) is 38.5 Å². The van der Waals surface area contributed by atoms with Crippen LogP contribution in [0.1, 0.15) is 38.8 Å². The monoisotopic (exact) mass is 465 g/mol. The van der Waals surface area contributed by atoms with Crippen molar-refractivity contribution in [2.75, 3.05) is 0 Å². The molecule has 1 aliphatic carbocycles.